The topological polar surface area (TPSA) is 93.4 Å². The Labute approximate surface area is 123 Å². The third kappa shape index (κ3) is 3.57. The SMILES string of the molecule is CCNc1nc(C)c([N+](=O)[O-])c(N2CCCOC(C)C2)n1. The molecule has 0 radical (unpaired) electrons. The van der Waals surface area contributed by atoms with Crippen LogP contribution >= 0.6 is 0 Å². The van der Waals surface area contributed by atoms with Gasteiger partial charge in [0.2, 0.25) is 11.8 Å². The summed E-state index contributed by atoms with van der Waals surface area (Å²) in [5, 5.41) is 14.4. The molecule has 1 N–H and O–H groups in total. The second-order valence-electron chi connectivity index (χ2n) is 5.07. The second kappa shape index (κ2) is 6.66. The molecule has 2 rings (SSSR count). The molecular weight excluding hydrogens is 274 g/mol. The van der Waals surface area contributed by atoms with Crippen LogP contribution in [0.15, 0.2) is 0 Å². The zero-order valence-electron chi connectivity index (χ0n) is 12.6. The standard InChI is InChI=1S/C13H21N5O3/c1-4-14-13-15-10(3)11(18(19)20)12(16-13)17-6-5-7-21-9(2)8-17/h9H,4-8H2,1-3H3,(H,14,15,16). The number of nitrogens with zero attached hydrogens (tertiary/aromatic N) is 4. The van der Waals surface area contributed by atoms with Crippen LogP contribution in [-0.2, 0) is 4.74 Å². The quantitative estimate of drug-likeness (QED) is 0.668. The molecule has 0 spiro atoms. The number of nitrogens with one attached hydrogen (secondary N) is 1. The minimum atomic E-state index is -0.406. The number of ether oxygens (including phenoxy) is 1. The van der Waals surface area contributed by atoms with Gasteiger partial charge in [-0.15, -0.1) is 0 Å². The summed E-state index contributed by atoms with van der Waals surface area (Å²) in [7, 11) is 0. The van der Waals surface area contributed by atoms with E-state index in [0.717, 1.165) is 6.42 Å². The molecule has 1 fully saturated rings. The molecule has 1 aromatic heterocycles. The van der Waals surface area contributed by atoms with Crippen molar-refractivity contribution in [3.05, 3.63) is 15.8 Å². The lowest BCUT2D eigenvalue weighted by molar-refractivity contribution is -0.385. The van der Waals surface area contributed by atoms with Gasteiger partial charge in [0.1, 0.15) is 5.69 Å². The molecule has 1 aliphatic rings. The molecule has 1 unspecified atom stereocenters. The molecular formula is C13H21N5O3. The highest BCUT2D eigenvalue weighted by atomic mass is 16.6. The third-order valence-corrected chi connectivity index (χ3v) is 3.31. The maximum absolute atomic E-state index is 11.4. The molecule has 1 aromatic rings. The van der Waals surface area contributed by atoms with Gasteiger partial charge < -0.3 is 15.0 Å². The van der Waals surface area contributed by atoms with E-state index in [1.54, 1.807) is 6.92 Å². The summed E-state index contributed by atoms with van der Waals surface area (Å²) in [5.74, 6) is 0.800. The van der Waals surface area contributed by atoms with Gasteiger partial charge in [0.05, 0.1) is 11.0 Å². The highest BCUT2D eigenvalue weighted by Crippen LogP contribution is 2.30. The zero-order chi connectivity index (χ0) is 15.4. The average Bonchev–Trinajstić information content (AvgIpc) is 2.62. The Bertz CT molecular complexity index is 523. The molecule has 0 bridgehead atoms. The first-order chi connectivity index (χ1) is 10.0. The van der Waals surface area contributed by atoms with Crippen LogP contribution in [0.25, 0.3) is 0 Å². The molecule has 2 heterocycles. The molecule has 0 amide bonds. The maximum atomic E-state index is 11.4. The molecule has 1 aliphatic heterocycles. The lowest BCUT2D eigenvalue weighted by atomic mass is 10.3. The van der Waals surface area contributed by atoms with Crippen molar-refractivity contribution in [2.24, 2.45) is 0 Å². The first-order valence-corrected chi connectivity index (χ1v) is 7.16. The molecule has 1 atom stereocenters. The van der Waals surface area contributed by atoms with Crippen LogP contribution in [0.3, 0.4) is 0 Å². The molecule has 0 aromatic carbocycles. The van der Waals surface area contributed by atoms with Gasteiger partial charge in [-0.1, -0.05) is 0 Å². The minimum absolute atomic E-state index is 0.0185. The van der Waals surface area contributed by atoms with Crippen molar-refractivity contribution in [2.75, 3.05) is 36.5 Å². The Balaban J connectivity index is 2.44. The van der Waals surface area contributed by atoms with Crippen molar-refractivity contribution < 1.29 is 9.66 Å². The Hall–Kier alpha value is -1.96. The van der Waals surface area contributed by atoms with E-state index in [0.29, 0.717) is 43.7 Å². The van der Waals surface area contributed by atoms with E-state index in [-0.39, 0.29) is 11.8 Å². The van der Waals surface area contributed by atoms with E-state index < -0.39 is 4.92 Å². The van der Waals surface area contributed by atoms with Gasteiger partial charge in [-0.3, -0.25) is 10.1 Å². The Morgan fingerprint density at radius 1 is 1.52 bits per heavy atom. The molecule has 8 nitrogen and oxygen atoms in total. The van der Waals surface area contributed by atoms with E-state index in [1.807, 2.05) is 18.7 Å². The van der Waals surface area contributed by atoms with E-state index >= 15 is 0 Å². The van der Waals surface area contributed by atoms with Gasteiger partial charge in [0.25, 0.3) is 0 Å². The number of hydrogen-bond acceptors (Lipinski definition) is 7. The number of aryl methyl sites for hydroxylation is 1. The van der Waals surface area contributed by atoms with Crippen molar-refractivity contribution in [1.82, 2.24) is 9.97 Å². The summed E-state index contributed by atoms with van der Waals surface area (Å²) in [4.78, 5) is 21.4. The number of anilines is 2. The summed E-state index contributed by atoms with van der Waals surface area (Å²) in [6.07, 6.45) is 0.839. The van der Waals surface area contributed by atoms with Crippen molar-refractivity contribution in [1.29, 1.82) is 0 Å². The molecule has 116 valence electrons. The summed E-state index contributed by atoms with van der Waals surface area (Å²) in [5.41, 5.74) is 0.351. The first-order valence-electron chi connectivity index (χ1n) is 7.16. The van der Waals surface area contributed by atoms with E-state index in [2.05, 4.69) is 15.3 Å². The number of hydrogen-bond donors (Lipinski definition) is 1. The van der Waals surface area contributed by atoms with Crippen LogP contribution < -0.4 is 10.2 Å². The largest absolute Gasteiger partial charge is 0.377 e. The summed E-state index contributed by atoms with van der Waals surface area (Å²) in [6.45, 7) is 8.13. The fourth-order valence-corrected chi connectivity index (χ4v) is 2.41. The maximum Gasteiger partial charge on any atom is 0.332 e. The average molecular weight is 295 g/mol. The lowest BCUT2D eigenvalue weighted by Crippen LogP contribution is -2.32. The van der Waals surface area contributed by atoms with Crippen LogP contribution in [0.4, 0.5) is 17.5 Å². The fraction of sp³-hybridized carbons (Fsp3) is 0.692. The highest BCUT2D eigenvalue weighted by molar-refractivity contribution is 5.62. The van der Waals surface area contributed by atoms with Crippen LogP contribution in [0.1, 0.15) is 26.0 Å². The van der Waals surface area contributed by atoms with Crippen LogP contribution in [0.5, 0.6) is 0 Å². The van der Waals surface area contributed by atoms with Gasteiger partial charge in [0, 0.05) is 26.2 Å². The summed E-state index contributed by atoms with van der Waals surface area (Å²) < 4.78 is 5.59. The van der Waals surface area contributed by atoms with Gasteiger partial charge in [0.15, 0.2) is 0 Å². The van der Waals surface area contributed by atoms with Gasteiger partial charge in [-0.05, 0) is 27.2 Å². The van der Waals surface area contributed by atoms with Crippen molar-refractivity contribution in [3.63, 3.8) is 0 Å². The Morgan fingerprint density at radius 3 is 2.95 bits per heavy atom. The van der Waals surface area contributed by atoms with Crippen LogP contribution in [0.2, 0.25) is 0 Å². The molecule has 1 saturated heterocycles. The van der Waals surface area contributed by atoms with Gasteiger partial charge >= 0.3 is 5.69 Å². The van der Waals surface area contributed by atoms with Gasteiger partial charge in [-0.25, -0.2) is 4.98 Å². The predicted octanol–water partition coefficient (Wildman–Crippen LogP) is 1.74. The number of rotatable bonds is 4. The normalized spacial score (nSPS) is 19.2. The molecule has 8 heteroatoms. The lowest BCUT2D eigenvalue weighted by Gasteiger charge is -2.23. The second-order valence-corrected chi connectivity index (χ2v) is 5.07. The summed E-state index contributed by atoms with van der Waals surface area (Å²) >= 11 is 0. The van der Waals surface area contributed by atoms with Crippen molar-refractivity contribution in [3.8, 4) is 0 Å². The minimum Gasteiger partial charge on any atom is -0.377 e. The Morgan fingerprint density at radius 2 is 2.29 bits per heavy atom. The Kier molecular flexibility index (Phi) is 4.89. The van der Waals surface area contributed by atoms with Crippen molar-refractivity contribution in [2.45, 2.75) is 33.3 Å². The third-order valence-electron chi connectivity index (χ3n) is 3.31. The number of nitro groups is 1. The number of aromatic nitrogens is 2. The van der Waals surface area contributed by atoms with E-state index in [1.165, 1.54) is 0 Å². The highest BCUT2D eigenvalue weighted by Gasteiger charge is 2.28. The van der Waals surface area contributed by atoms with Gasteiger partial charge in [-0.2, -0.15) is 4.98 Å². The fourth-order valence-electron chi connectivity index (χ4n) is 2.41. The summed E-state index contributed by atoms with van der Waals surface area (Å²) in [6, 6.07) is 0. The zero-order valence-corrected chi connectivity index (χ0v) is 12.6. The predicted molar refractivity (Wildman–Crippen MR) is 79.8 cm³/mol. The first kappa shape index (κ1) is 15.4. The van der Waals surface area contributed by atoms with E-state index in [9.17, 15) is 10.1 Å². The monoisotopic (exact) mass is 295 g/mol. The molecule has 21 heavy (non-hydrogen) atoms. The molecule has 0 saturated carbocycles. The van der Waals surface area contributed by atoms with Crippen LogP contribution in [-0.4, -0.2) is 47.2 Å². The molecule has 0 aliphatic carbocycles. The van der Waals surface area contributed by atoms with E-state index in [4.69, 9.17) is 4.74 Å². The van der Waals surface area contributed by atoms with Crippen molar-refractivity contribution >= 4 is 17.5 Å². The smallest absolute Gasteiger partial charge is 0.332 e. The van der Waals surface area contributed by atoms with Crippen LogP contribution in [0, 0.1) is 17.0 Å².